The summed E-state index contributed by atoms with van der Waals surface area (Å²) in [5.74, 6) is -0.815. The van der Waals surface area contributed by atoms with E-state index in [1.54, 1.807) is 0 Å². The minimum Gasteiger partial charge on any atom is -0.481 e. The molecule has 1 aromatic heterocycles. The van der Waals surface area contributed by atoms with Gasteiger partial charge in [0.25, 0.3) is 0 Å². The molecule has 0 saturated carbocycles. The van der Waals surface area contributed by atoms with Gasteiger partial charge in [-0.05, 0) is 24.5 Å². The zero-order valence-electron chi connectivity index (χ0n) is 11.6. The molecule has 1 aliphatic rings. The van der Waals surface area contributed by atoms with Gasteiger partial charge in [0, 0.05) is 10.9 Å². The number of benzene rings is 1. The first kappa shape index (κ1) is 13.2. The van der Waals surface area contributed by atoms with Crippen LogP contribution in [0.2, 0.25) is 0 Å². The van der Waals surface area contributed by atoms with Gasteiger partial charge in [0.1, 0.15) is 5.60 Å². The van der Waals surface area contributed by atoms with E-state index in [0.29, 0.717) is 6.61 Å². The first-order valence-corrected chi connectivity index (χ1v) is 7.12. The van der Waals surface area contributed by atoms with Crippen molar-refractivity contribution in [3.63, 3.8) is 0 Å². The van der Waals surface area contributed by atoms with Crippen LogP contribution in [-0.4, -0.2) is 22.7 Å². The molecular formula is C16H19NO3. The molecule has 4 heteroatoms. The maximum absolute atomic E-state index is 11.3. The number of nitrogens with one attached hydrogen (secondary N) is 1. The second-order valence-corrected chi connectivity index (χ2v) is 5.44. The average molecular weight is 273 g/mol. The van der Waals surface area contributed by atoms with Gasteiger partial charge >= 0.3 is 5.97 Å². The molecule has 3 rings (SSSR count). The van der Waals surface area contributed by atoms with Crippen molar-refractivity contribution in [2.45, 2.75) is 38.2 Å². The van der Waals surface area contributed by atoms with E-state index in [1.807, 2.05) is 18.2 Å². The largest absolute Gasteiger partial charge is 0.481 e. The van der Waals surface area contributed by atoms with Crippen LogP contribution in [0.25, 0.3) is 10.9 Å². The average Bonchev–Trinajstić information content (AvgIpc) is 2.79. The van der Waals surface area contributed by atoms with Crippen molar-refractivity contribution >= 4 is 16.9 Å². The molecule has 1 aliphatic heterocycles. The summed E-state index contributed by atoms with van der Waals surface area (Å²) in [6, 6.07) is 8.13. The first-order chi connectivity index (χ1) is 9.66. The highest BCUT2D eigenvalue weighted by Gasteiger charge is 2.41. The summed E-state index contributed by atoms with van der Waals surface area (Å²) < 4.78 is 5.96. The summed E-state index contributed by atoms with van der Waals surface area (Å²) in [7, 11) is 0. The van der Waals surface area contributed by atoms with Crippen LogP contribution in [0.1, 0.15) is 37.4 Å². The Bertz CT molecular complexity index is 646. The molecule has 0 fully saturated rings. The van der Waals surface area contributed by atoms with Gasteiger partial charge in [-0.25, -0.2) is 0 Å². The summed E-state index contributed by atoms with van der Waals surface area (Å²) in [4.78, 5) is 14.7. The van der Waals surface area contributed by atoms with Gasteiger partial charge in [-0.2, -0.15) is 0 Å². The second kappa shape index (κ2) is 4.94. The van der Waals surface area contributed by atoms with Gasteiger partial charge in [0.15, 0.2) is 0 Å². The van der Waals surface area contributed by atoms with Crippen LogP contribution in [0.15, 0.2) is 24.3 Å². The van der Waals surface area contributed by atoms with Crippen molar-refractivity contribution < 1.29 is 14.6 Å². The lowest BCUT2D eigenvalue weighted by atomic mass is 9.85. The van der Waals surface area contributed by atoms with E-state index < -0.39 is 11.6 Å². The molecule has 0 radical (unpaired) electrons. The highest BCUT2D eigenvalue weighted by Crippen LogP contribution is 2.42. The fraction of sp³-hybridized carbons (Fsp3) is 0.438. The van der Waals surface area contributed by atoms with Crippen molar-refractivity contribution in [1.29, 1.82) is 0 Å². The van der Waals surface area contributed by atoms with E-state index in [0.717, 1.165) is 30.5 Å². The minimum absolute atomic E-state index is 0.0145. The summed E-state index contributed by atoms with van der Waals surface area (Å²) >= 11 is 0. The Hall–Kier alpha value is -1.81. The molecule has 0 amide bonds. The van der Waals surface area contributed by atoms with Crippen molar-refractivity contribution in [2.75, 3.05) is 6.61 Å². The number of aromatic amines is 1. The maximum Gasteiger partial charge on any atom is 0.306 e. The number of carboxylic acid groups (broad SMARTS) is 1. The number of hydrogen-bond donors (Lipinski definition) is 2. The molecule has 4 nitrogen and oxygen atoms in total. The summed E-state index contributed by atoms with van der Waals surface area (Å²) in [5, 5.41) is 10.5. The zero-order valence-corrected chi connectivity index (χ0v) is 11.6. The molecule has 0 spiro atoms. The van der Waals surface area contributed by atoms with Crippen molar-refractivity contribution in [3.05, 3.63) is 35.5 Å². The lowest BCUT2D eigenvalue weighted by Crippen LogP contribution is -2.37. The van der Waals surface area contributed by atoms with E-state index in [2.05, 4.69) is 18.0 Å². The monoisotopic (exact) mass is 273 g/mol. The number of aliphatic carboxylic acids is 1. The van der Waals surface area contributed by atoms with Gasteiger partial charge in [0.05, 0.1) is 18.7 Å². The molecule has 2 aromatic rings. The minimum atomic E-state index is -0.815. The normalized spacial score (nSPS) is 21.9. The molecule has 0 bridgehead atoms. The number of carboxylic acids is 1. The third-order valence-corrected chi connectivity index (χ3v) is 4.09. The quantitative estimate of drug-likeness (QED) is 0.899. The molecular weight excluding hydrogens is 254 g/mol. The zero-order chi connectivity index (χ0) is 14.2. The lowest BCUT2D eigenvalue weighted by Gasteiger charge is -2.36. The molecule has 2 N–H and O–H groups in total. The third-order valence-electron chi connectivity index (χ3n) is 4.09. The summed E-state index contributed by atoms with van der Waals surface area (Å²) in [6.07, 6.45) is 2.46. The molecule has 106 valence electrons. The van der Waals surface area contributed by atoms with Crippen LogP contribution in [0.3, 0.4) is 0 Å². The van der Waals surface area contributed by atoms with Gasteiger partial charge < -0.3 is 14.8 Å². The Morgan fingerprint density at radius 1 is 1.45 bits per heavy atom. The molecule has 0 aliphatic carbocycles. The first-order valence-electron chi connectivity index (χ1n) is 7.12. The van der Waals surface area contributed by atoms with Crippen LogP contribution < -0.4 is 0 Å². The van der Waals surface area contributed by atoms with Crippen LogP contribution in [-0.2, 0) is 21.6 Å². The number of H-pyrrole nitrogens is 1. The van der Waals surface area contributed by atoms with Crippen molar-refractivity contribution in [3.8, 4) is 0 Å². The number of ether oxygens (including phenoxy) is 1. The van der Waals surface area contributed by atoms with Crippen molar-refractivity contribution in [1.82, 2.24) is 4.98 Å². The maximum atomic E-state index is 11.3. The highest BCUT2D eigenvalue weighted by molar-refractivity contribution is 5.85. The molecule has 0 unspecified atom stereocenters. The lowest BCUT2D eigenvalue weighted by molar-refractivity contribution is -0.149. The van der Waals surface area contributed by atoms with E-state index in [-0.39, 0.29) is 6.42 Å². The number of hydrogen-bond acceptors (Lipinski definition) is 2. The molecule has 1 atom stereocenters. The summed E-state index contributed by atoms with van der Waals surface area (Å²) in [6.45, 7) is 2.64. The Morgan fingerprint density at radius 3 is 3.00 bits per heavy atom. The molecule has 0 saturated heterocycles. The van der Waals surface area contributed by atoms with Crippen LogP contribution in [0.4, 0.5) is 0 Å². The number of carbonyl (C=O) groups is 1. The van der Waals surface area contributed by atoms with Crippen LogP contribution in [0.5, 0.6) is 0 Å². The topological polar surface area (TPSA) is 62.3 Å². The van der Waals surface area contributed by atoms with E-state index >= 15 is 0 Å². The van der Waals surface area contributed by atoms with E-state index in [1.165, 1.54) is 10.9 Å². The Labute approximate surface area is 117 Å². The Balaban J connectivity index is 2.18. The van der Waals surface area contributed by atoms with Gasteiger partial charge in [-0.15, -0.1) is 0 Å². The van der Waals surface area contributed by atoms with Crippen molar-refractivity contribution in [2.24, 2.45) is 0 Å². The standard InChI is InChI=1S/C16H19NO3/c1-2-8-16(10-14(18)19)15-12(7-9-20-16)11-5-3-4-6-13(11)17-15/h3-6,17H,2,7-10H2,1H3,(H,18,19)/t16-/m1/s1. The number of fused-ring (bicyclic) bond motifs is 3. The van der Waals surface area contributed by atoms with Gasteiger partial charge in [0.2, 0.25) is 0 Å². The third kappa shape index (κ3) is 2.00. The Morgan fingerprint density at radius 2 is 2.25 bits per heavy atom. The fourth-order valence-electron chi connectivity index (χ4n) is 3.34. The van der Waals surface area contributed by atoms with Gasteiger partial charge in [-0.1, -0.05) is 31.5 Å². The predicted octanol–water partition coefficient (Wildman–Crippen LogP) is 3.21. The van der Waals surface area contributed by atoms with Gasteiger partial charge in [-0.3, -0.25) is 4.79 Å². The summed E-state index contributed by atoms with van der Waals surface area (Å²) in [5.41, 5.74) is 2.55. The van der Waals surface area contributed by atoms with Crippen LogP contribution in [0, 0.1) is 0 Å². The Kier molecular flexibility index (Phi) is 3.26. The smallest absolute Gasteiger partial charge is 0.306 e. The highest BCUT2D eigenvalue weighted by atomic mass is 16.5. The fourth-order valence-corrected chi connectivity index (χ4v) is 3.34. The van der Waals surface area contributed by atoms with E-state index in [9.17, 15) is 9.90 Å². The number of para-hydroxylation sites is 1. The predicted molar refractivity (Wildman–Crippen MR) is 76.8 cm³/mol. The number of aromatic nitrogens is 1. The molecule has 20 heavy (non-hydrogen) atoms. The van der Waals surface area contributed by atoms with Crippen LogP contribution >= 0.6 is 0 Å². The molecule has 2 heterocycles. The second-order valence-electron chi connectivity index (χ2n) is 5.44. The molecule has 1 aromatic carbocycles. The number of rotatable bonds is 4. The van der Waals surface area contributed by atoms with E-state index in [4.69, 9.17) is 4.74 Å². The SMILES string of the molecule is CCC[C@]1(CC(=O)O)OCCc2c1[nH]c1ccccc21.